The first-order valence-corrected chi connectivity index (χ1v) is 7.87. The molecule has 0 bridgehead atoms. The van der Waals surface area contributed by atoms with Crippen LogP contribution in [0.15, 0.2) is 60.9 Å². The maximum Gasteiger partial charge on any atom is 0.339 e. The van der Waals surface area contributed by atoms with Crippen molar-refractivity contribution >= 4 is 11.9 Å². The molecule has 0 fully saturated rings. The summed E-state index contributed by atoms with van der Waals surface area (Å²) in [6, 6.07) is 15.6. The number of hydrogen-bond donors (Lipinski definition) is 0. The summed E-state index contributed by atoms with van der Waals surface area (Å²) in [6.45, 7) is 0. The number of tetrazole rings is 1. The van der Waals surface area contributed by atoms with Crippen LogP contribution in [0.1, 0.15) is 22.0 Å². The van der Waals surface area contributed by atoms with Crippen LogP contribution in [0.4, 0.5) is 0 Å². The molecular weight excluding hydrogens is 334 g/mol. The molecule has 0 aliphatic rings. The second-order valence-corrected chi connectivity index (χ2v) is 5.73. The number of carbonyl (C=O) groups is 2. The Labute approximate surface area is 150 Å². The number of hydrogen-bond acceptors (Lipinski definition) is 6. The van der Waals surface area contributed by atoms with E-state index >= 15 is 0 Å². The van der Waals surface area contributed by atoms with Crippen molar-refractivity contribution in [1.29, 1.82) is 0 Å². The van der Waals surface area contributed by atoms with Gasteiger partial charge in [0.1, 0.15) is 6.33 Å². The molecule has 0 spiro atoms. The quantitative estimate of drug-likeness (QED) is 0.649. The number of aromatic nitrogens is 4. The number of esters is 1. The minimum atomic E-state index is -1.02. The Bertz CT molecular complexity index is 894. The topological polar surface area (TPSA) is 90.2 Å². The minimum absolute atomic E-state index is 0.297. The fraction of sp³-hybridized carbons (Fsp3) is 0.167. The highest BCUT2D eigenvalue weighted by Gasteiger charge is 2.27. The van der Waals surface area contributed by atoms with Crippen LogP contribution >= 0.6 is 0 Å². The molecule has 1 atom stereocenters. The van der Waals surface area contributed by atoms with E-state index in [-0.39, 0.29) is 5.91 Å². The van der Waals surface area contributed by atoms with Gasteiger partial charge in [-0.25, -0.2) is 9.48 Å². The predicted molar refractivity (Wildman–Crippen MR) is 92.4 cm³/mol. The van der Waals surface area contributed by atoms with Gasteiger partial charge in [0, 0.05) is 19.7 Å². The summed E-state index contributed by atoms with van der Waals surface area (Å²) < 4.78 is 6.95. The standard InChI is InChI=1S/C18H17N5O3/c1-22(2)17(24)16(13-7-4-3-5-8-13)26-18(25)14-9-6-10-15(11-14)23-12-19-20-21-23/h3-12,16H,1-2H3. The van der Waals surface area contributed by atoms with E-state index in [0.717, 1.165) is 0 Å². The van der Waals surface area contributed by atoms with Crippen LogP contribution in [0.5, 0.6) is 0 Å². The number of carbonyl (C=O) groups excluding carboxylic acids is 2. The van der Waals surface area contributed by atoms with Gasteiger partial charge in [0.15, 0.2) is 0 Å². The number of likely N-dealkylation sites (N-methyl/N-ethyl adjacent to an activating group) is 1. The number of benzene rings is 2. The molecule has 3 aromatic rings. The maximum absolute atomic E-state index is 12.6. The van der Waals surface area contributed by atoms with Crippen molar-refractivity contribution in [2.75, 3.05) is 14.1 Å². The van der Waals surface area contributed by atoms with Crippen LogP contribution < -0.4 is 0 Å². The van der Waals surface area contributed by atoms with Gasteiger partial charge in [0.2, 0.25) is 6.10 Å². The summed E-state index contributed by atoms with van der Waals surface area (Å²) in [7, 11) is 3.23. The molecule has 1 heterocycles. The van der Waals surface area contributed by atoms with Gasteiger partial charge in [-0.3, -0.25) is 4.79 Å². The summed E-state index contributed by atoms with van der Waals surface area (Å²) in [6.07, 6.45) is 0.405. The third-order valence-corrected chi connectivity index (χ3v) is 3.69. The number of nitrogens with zero attached hydrogens (tertiary/aromatic N) is 5. The predicted octanol–water partition coefficient (Wildman–Crippen LogP) is 1.65. The molecule has 0 N–H and O–H groups in total. The third-order valence-electron chi connectivity index (χ3n) is 3.69. The van der Waals surface area contributed by atoms with Crippen molar-refractivity contribution in [3.8, 4) is 5.69 Å². The van der Waals surface area contributed by atoms with E-state index in [0.29, 0.717) is 16.8 Å². The van der Waals surface area contributed by atoms with Crippen molar-refractivity contribution in [2.45, 2.75) is 6.10 Å². The van der Waals surface area contributed by atoms with Crippen molar-refractivity contribution in [3.63, 3.8) is 0 Å². The van der Waals surface area contributed by atoms with Crippen LogP contribution in [0.3, 0.4) is 0 Å². The van der Waals surface area contributed by atoms with Crippen LogP contribution in [-0.2, 0) is 9.53 Å². The molecule has 0 aliphatic carbocycles. The highest BCUT2D eigenvalue weighted by Crippen LogP contribution is 2.22. The van der Waals surface area contributed by atoms with Gasteiger partial charge >= 0.3 is 5.97 Å². The summed E-state index contributed by atoms with van der Waals surface area (Å²) in [5.74, 6) is -0.926. The fourth-order valence-corrected chi connectivity index (χ4v) is 2.35. The van der Waals surface area contributed by atoms with Crippen molar-refractivity contribution < 1.29 is 14.3 Å². The Balaban J connectivity index is 1.86. The Morgan fingerprint density at radius 3 is 2.50 bits per heavy atom. The SMILES string of the molecule is CN(C)C(=O)C(OC(=O)c1cccc(-n2cnnn2)c1)c1ccccc1. The maximum atomic E-state index is 12.6. The van der Waals surface area contributed by atoms with Gasteiger partial charge < -0.3 is 9.64 Å². The van der Waals surface area contributed by atoms with Crippen LogP contribution in [0, 0.1) is 0 Å². The van der Waals surface area contributed by atoms with Crippen LogP contribution in [-0.4, -0.2) is 51.1 Å². The smallest absolute Gasteiger partial charge is 0.339 e. The van der Waals surface area contributed by atoms with Gasteiger partial charge in [0.25, 0.3) is 5.91 Å². The van der Waals surface area contributed by atoms with E-state index in [4.69, 9.17) is 4.74 Å². The zero-order chi connectivity index (χ0) is 18.5. The monoisotopic (exact) mass is 351 g/mol. The molecule has 2 aromatic carbocycles. The molecule has 1 amide bonds. The minimum Gasteiger partial charge on any atom is -0.444 e. The van der Waals surface area contributed by atoms with Crippen molar-refractivity contribution in [2.24, 2.45) is 0 Å². The lowest BCUT2D eigenvalue weighted by atomic mass is 10.1. The first-order valence-electron chi connectivity index (χ1n) is 7.87. The largest absolute Gasteiger partial charge is 0.444 e. The Kier molecular flexibility index (Phi) is 5.02. The van der Waals surface area contributed by atoms with Gasteiger partial charge in [-0.2, -0.15) is 0 Å². The van der Waals surface area contributed by atoms with E-state index in [2.05, 4.69) is 15.5 Å². The molecule has 0 radical (unpaired) electrons. The Morgan fingerprint density at radius 2 is 1.85 bits per heavy atom. The molecule has 0 aliphatic heterocycles. The normalized spacial score (nSPS) is 11.6. The number of amides is 1. The fourth-order valence-electron chi connectivity index (χ4n) is 2.35. The molecule has 8 nitrogen and oxygen atoms in total. The number of rotatable bonds is 5. The van der Waals surface area contributed by atoms with E-state index in [1.165, 1.54) is 15.9 Å². The summed E-state index contributed by atoms with van der Waals surface area (Å²) in [5.41, 5.74) is 1.52. The molecule has 132 valence electrons. The van der Waals surface area contributed by atoms with Gasteiger partial charge in [0.05, 0.1) is 11.3 Å². The lowest BCUT2D eigenvalue weighted by molar-refractivity contribution is -0.138. The number of ether oxygens (including phenoxy) is 1. The Hall–Kier alpha value is -3.55. The van der Waals surface area contributed by atoms with E-state index < -0.39 is 12.1 Å². The first-order chi connectivity index (χ1) is 12.6. The molecule has 8 heteroatoms. The lowest BCUT2D eigenvalue weighted by Crippen LogP contribution is -2.31. The molecule has 3 rings (SSSR count). The highest BCUT2D eigenvalue weighted by atomic mass is 16.5. The van der Waals surface area contributed by atoms with Gasteiger partial charge in [-0.1, -0.05) is 36.4 Å². The highest BCUT2D eigenvalue weighted by molar-refractivity contribution is 5.93. The van der Waals surface area contributed by atoms with Crippen molar-refractivity contribution in [3.05, 3.63) is 72.1 Å². The average molecular weight is 351 g/mol. The molecule has 0 saturated carbocycles. The molecular formula is C18H17N5O3. The lowest BCUT2D eigenvalue weighted by Gasteiger charge is -2.21. The average Bonchev–Trinajstić information content (AvgIpc) is 3.21. The van der Waals surface area contributed by atoms with Crippen molar-refractivity contribution in [1.82, 2.24) is 25.1 Å². The second kappa shape index (κ2) is 7.56. The van der Waals surface area contributed by atoms with E-state index in [1.807, 2.05) is 6.07 Å². The summed E-state index contributed by atoms with van der Waals surface area (Å²) in [4.78, 5) is 26.5. The zero-order valence-electron chi connectivity index (χ0n) is 14.3. The van der Waals surface area contributed by atoms with Crippen LogP contribution in [0.2, 0.25) is 0 Å². The van der Waals surface area contributed by atoms with E-state index in [1.54, 1.807) is 62.6 Å². The van der Waals surface area contributed by atoms with Gasteiger partial charge in [-0.05, 0) is 28.6 Å². The summed E-state index contributed by atoms with van der Waals surface area (Å²) >= 11 is 0. The van der Waals surface area contributed by atoms with Gasteiger partial charge in [-0.15, -0.1) is 5.10 Å². The van der Waals surface area contributed by atoms with E-state index in [9.17, 15) is 9.59 Å². The molecule has 26 heavy (non-hydrogen) atoms. The van der Waals surface area contributed by atoms with Crippen LogP contribution in [0.25, 0.3) is 5.69 Å². The molecule has 1 unspecified atom stereocenters. The third kappa shape index (κ3) is 3.75. The molecule has 0 saturated heterocycles. The molecule has 1 aromatic heterocycles. The Morgan fingerprint density at radius 1 is 1.08 bits per heavy atom. The second-order valence-electron chi connectivity index (χ2n) is 5.73. The zero-order valence-corrected chi connectivity index (χ0v) is 14.3. The first kappa shape index (κ1) is 17.3. The summed E-state index contributed by atoms with van der Waals surface area (Å²) in [5, 5.41) is 10.9.